The molecule has 0 unspecified atom stereocenters. The summed E-state index contributed by atoms with van der Waals surface area (Å²) < 4.78 is 79.2. The fourth-order valence-corrected chi connectivity index (χ4v) is 4.33. The van der Waals surface area contributed by atoms with E-state index in [4.69, 9.17) is 0 Å². The van der Waals surface area contributed by atoms with Gasteiger partial charge >= 0.3 is 12.4 Å². The van der Waals surface area contributed by atoms with E-state index in [1.807, 2.05) is 9.80 Å². The lowest BCUT2D eigenvalue weighted by Gasteiger charge is -2.37. The first kappa shape index (κ1) is 20.8. The third-order valence-electron chi connectivity index (χ3n) is 5.69. The lowest BCUT2D eigenvalue weighted by Crippen LogP contribution is -2.51. The molecule has 1 N–H and O–H groups in total. The number of anilines is 2. The Kier molecular flexibility index (Phi) is 5.34. The molecule has 0 bridgehead atoms. The highest BCUT2D eigenvalue weighted by Crippen LogP contribution is 2.37. The van der Waals surface area contributed by atoms with Crippen LogP contribution < -0.4 is 15.1 Å². The van der Waals surface area contributed by atoms with Crippen molar-refractivity contribution >= 4 is 11.4 Å². The van der Waals surface area contributed by atoms with E-state index < -0.39 is 23.5 Å². The minimum Gasteiger partial charge on any atom is -0.348 e. The quantitative estimate of drug-likeness (QED) is 0.683. The van der Waals surface area contributed by atoms with Gasteiger partial charge < -0.3 is 15.1 Å². The summed E-state index contributed by atoms with van der Waals surface area (Å²) in [6.07, 6.45) is -7.59. The van der Waals surface area contributed by atoms with Crippen molar-refractivity contribution in [3.8, 4) is 0 Å². The topological polar surface area (TPSA) is 18.5 Å². The molecule has 0 saturated carbocycles. The van der Waals surface area contributed by atoms with Crippen molar-refractivity contribution in [2.24, 2.45) is 0 Å². The lowest BCUT2D eigenvalue weighted by atomic mass is 10.1. The Morgan fingerprint density at radius 3 is 1.67 bits per heavy atom. The van der Waals surface area contributed by atoms with Gasteiger partial charge in [-0.1, -0.05) is 12.1 Å². The zero-order valence-electron chi connectivity index (χ0n) is 16.0. The molecular formula is C21H21F6N3. The SMILES string of the molecule is FC(F)(F)c1cccc(N2CCN(c3cccc(C(F)(F)F)c3)C2[C@@H]2CCCN2)c1. The number of nitrogens with zero attached hydrogens (tertiary/aromatic N) is 2. The van der Waals surface area contributed by atoms with E-state index in [1.165, 1.54) is 12.1 Å². The molecule has 3 nitrogen and oxygen atoms in total. The molecule has 9 heteroatoms. The van der Waals surface area contributed by atoms with Crippen LogP contribution in [-0.2, 0) is 12.4 Å². The third kappa shape index (κ3) is 4.08. The van der Waals surface area contributed by atoms with E-state index in [-0.39, 0.29) is 12.2 Å². The molecule has 30 heavy (non-hydrogen) atoms. The predicted molar refractivity (Wildman–Crippen MR) is 102 cm³/mol. The highest BCUT2D eigenvalue weighted by atomic mass is 19.4. The van der Waals surface area contributed by atoms with E-state index in [9.17, 15) is 26.3 Å². The van der Waals surface area contributed by atoms with E-state index in [1.54, 1.807) is 12.1 Å². The molecule has 2 aromatic carbocycles. The van der Waals surface area contributed by atoms with Crippen molar-refractivity contribution in [1.82, 2.24) is 5.32 Å². The standard InChI is InChI=1S/C21H21F6N3/c22-20(23,24)14-4-1-6-16(12-14)29-10-11-30(19(29)18-8-3-9-28-18)17-7-2-5-15(13-17)21(25,26)27/h1-2,4-7,12-13,18-19,28H,3,8-11H2/t18-/m0/s1. The van der Waals surface area contributed by atoms with Crippen LogP contribution >= 0.6 is 0 Å². The lowest BCUT2D eigenvalue weighted by molar-refractivity contribution is -0.138. The molecule has 0 aromatic heterocycles. The molecule has 0 radical (unpaired) electrons. The van der Waals surface area contributed by atoms with Crippen LogP contribution in [0.5, 0.6) is 0 Å². The molecule has 2 fully saturated rings. The van der Waals surface area contributed by atoms with Crippen molar-refractivity contribution < 1.29 is 26.3 Å². The summed E-state index contributed by atoms with van der Waals surface area (Å²) in [6, 6.07) is 10.2. The predicted octanol–water partition coefficient (Wildman–Crippen LogP) is 5.13. The highest BCUT2D eigenvalue weighted by molar-refractivity contribution is 5.59. The molecule has 0 aliphatic carbocycles. The Morgan fingerprint density at radius 1 is 0.767 bits per heavy atom. The van der Waals surface area contributed by atoms with Gasteiger partial charge in [-0.05, 0) is 55.8 Å². The van der Waals surface area contributed by atoms with E-state index in [0.717, 1.165) is 43.7 Å². The van der Waals surface area contributed by atoms with E-state index >= 15 is 0 Å². The molecule has 2 aliphatic heterocycles. The molecule has 2 aliphatic rings. The largest absolute Gasteiger partial charge is 0.416 e. The summed E-state index contributed by atoms with van der Waals surface area (Å²) in [6.45, 7) is 1.61. The zero-order valence-corrected chi connectivity index (χ0v) is 16.0. The van der Waals surface area contributed by atoms with Gasteiger partial charge in [0.15, 0.2) is 0 Å². The fourth-order valence-electron chi connectivity index (χ4n) is 4.33. The van der Waals surface area contributed by atoms with Crippen molar-refractivity contribution in [3.05, 3.63) is 59.7 Å². The summed E-state index contributed by atoms with van der Waals surface area (Å²) >= 11 is 0. The van der Waals surface area contributed by atoms with Crippen molar-refractivity contribution in [1.29, 1.82) is 0 Å². The first-order valence-electron chi connectivity index (χ1n) is 9.76. The minimum absolute atomic E-state index is 0.0587. The van der Waals surface area contributed by atoms with Gasteiger partial charge in [0.25, 0.3) is 0 Å². The Morgan fingerprint density at radius 2 is 1.27 bits per heavy atom. The molecule has 4 rings (SSSR count). The second-order valence-electron chi connectivity index (χ2n) is 7.60. The van der Waals surface area contributed by atoms with Crippen molar-refractivity contribution in [3.63, 3.8) is 0 Å². The van der Waals surface area contributed by atoms with Crippen LogP contribution in [-0.4, -0.2) is 31.8 Å². The van der Waals surface area contributed by atoms with Gasteiger partial charge in [0.2, 0.25) is 0 Å². The first-order valence-corrected chi connectivity index (χ1v) is 9.76. The summed E-state index contributed by atoms with van der Waals surface area (Å²) in [5, 5.41) is 3.36. The number of benzene rings is 2. The van der Waals surface area contributed by atoms with Crippen LogP contribution in [0.25, 0.3) is 0 Å². The summed E-state index contributed by atoms with van der Waals surface area (Å²) in [7, 11) is 0. The first-order chi connectivity index (χ1) is 14.1. The Hall–Kier alpha value is -2.42. The van der Waals surface area contributed by atoms with Gasteiger partial charge in [-0.25, -0.2) is 0 Å². The van der Waals surface area contributed by atoms with Gasteiger partial charge in [0.1, 0.15) is 6.17 Å². The Balaban J connectivity index is 1.70. The van der Waals surface area contributed by atoms with Crippen LogP contribution in [0.4, 0.5) is 37.7 Å². The van der Waals surface area contributed by atoms with Gasteiger partial charge in [-0.3, -0.25) is 0 Å². The third-order valence-corrected chi connectivity index (χ3v) is 5.69. The molecule has 0 amide bonds. The minimum atomic E-state index is -4.46. The summed E-state index contributed by atoms with van der Waals surface area (Å²) in [5.41, 5.74) is -0.651. The monoisotopic (exact) mass is 429 g/mol. The number of halogens is 6. The van der Waals surface area contributed by atoms with Crippen molar-refractivity contribution in [2.45, 2.75) is 37.4 Å². The molecule has 0 spiro atoms. The van der Waals surface area contributed by atoms with Gasteiger partial charge in [-0.15, -0.1) is 0 Å². The highest BCUT2D eigenvalue weighted by Gasteiger charge is 2.41. The van der Waals surface area contributed by atoms with Gasteiger partial charge in [0, 0.05) is 30.5 Å². The molecule has 162 valence electrons. The molecule has 2 aromatic rings. The van der Waals surface area contributed by atoms with Crippen LogP contribution in [0, 0.1) is 0 Å². The van der Waals surface area contributed by atoms with Crippen LogP contribution in [0.3, 0.4) is 0 Å². The average Bonchev–Trinajstić information content (AvgIpc) is 3.36. The second kappa shape index (κ2) is 7.68. The van der Waals surface area contributed by atoms with Crippen LogP contribution in [0.15, 0.2) is 48.5 Å². The maximum absolute atomic E-state index is 13.2. The smallest absolute Gasteiger partial charge is 0.348 e. The van der Waals surface area contributed by atoms with Crippen LogP contribution in [0.1, 0.15) is 24.0 Å². The molecule has 2 heterocycles. The number of rotatable bonds is 3. The molecule has 1 atom stereocenters. The number of nitrogens with one attached hydrogen (secondary N) is 1. The number of alkyl halides is 6. The number of hydrogen-bond acceptors (Lipinski definition) is 3. The maximum Gasteiger partial charge on any atom is 0.416 e. The van der Waals surface area contributed by atoms with Crippen LogP contribution in [0.2, 0.25) is 0 Å². The fraction of sp³-hybridized carbons (Fsp3) is 0.429. The Bertz CT molecular complexity index is 823. The van der Waals surface area contributed by atoms with Gasteiger partial charge in [-0.2, -0.15) is 26.3 Å². The molecule has 2 saturated heterocycles. The summed E-state index contributed by atoms with van der Waals surface area (Å²) in [5.74, 6) is 0. The number of hydrogen-bond donors (Lipinski definition) is 1. The summed E-state index contributed by atoms with van der Waals surface area (Å²) in [4.78, 5) is 3.72. The zero-order chi connectivity index (χ0) is 21.5. The molecular weight excluding hydrogens is 408 g/mol. The van der Waals surface area contributed by atoms with Crippen molar-refractivity contribution in [2.75, 3.05) is 29.4 Å². The normalized spacial score (nSPS) is 20.9. The van der Waals surface area contributed by atoms with Gasteiger partial charge in [0.05, 0.1) is 11.1 Å². The van der Waals surface area contributed by atoms with E-state index in [0.29, 0.717) is 24.5 Å². The maximum atomic E-state index is 13.2. The van der Waals surface area contributed by atoms with E-state index in [2.05, 4.69) is 5.32 Å². The average molecular weight is 429 g/mol. The second-order valence-corrected chi connectivity index (χ2v) is 7.60. The Labute approximate surface area is 170 Å².